The molecule has 104 valence electrons. The van der Waals surface area contributed by atoms with Crippen molar-refractivity contribution < 1.29 is 4.79 Å². The van der Waals surface area contributed by atoms with Gasteiger partial charge in [0.15, 0.2) is 0 Å². The van der Waals surface area contributed by atoms with Gasteiger partial charge in [0.25, 0.3) is 5.91 Å². The third kappa shape index (κ3) is 2.98. The number of rotatable bonds is 2. The molecule has 3 heteroatoms. The van der Waals surface area contributed by atoms with Crippen molar-refractivity contribution in [2.24, 2.45) is 5.73 Å². The van der Waals surface area contributed by atoms with Gasteiger partial charge in [0.1, 0.15) is 0 Å². The van der Waals surface area contributed by atoms with Crippen molar-refractivity contribution in [3.63, 3.8) is 0 Å². The van der Waals surface area contributed by atoms with Gasteiger partial charge in [-0.1, -0.05) is 32.9 Å². The lowest BCUT2D eigenvalue weighted by molar-refractivity contribution is 0.0741. The smallest absolute Gasteiger partial charge is 0.254 e. The summed E-state index contributed by atoms with van der Waals surface area (Å²) in [6, 6.07) is 8.21. The molecule has 1 aliphatic rings. The summed E-state index contributed by atoms with van der Waals surface area (Å²) in [5.74, 6) is 0.119. The molecule has 1 saturated heterocycles. The van der Waals surface area contributed by atoms with Crippen molar-refractivity contribution >= 4 is 5.91 Å². The van der Waals surface area contributed by atoms with Gasteiger partial charge in [0, 0.05) is 24.7 Å². The highest BCUT2D eigenvalue weighted by atomic mass is 16.2. The molecule has 0 aliphatic carbocycles. The maximum Gasteiger partial charge on any atom is 0.254 e. The Kier molecular flexibility index (Phi) is 3.95. The van der Waals surface area contributed by atoms with Crippen LogP contribution in [-0.4, -0.2) is 29.9 Å². The fourth-order valence-electron chi connectivity index (χ4n) is 2.63. The van der Waals surface area contributed by atoms with Crippen LogP contribution in [0.3, 0.4) is 0 Å². The molecule has 1 heterocycles. The zero-order chi connectivity index (χ0) is 14.0. The second-order valence-electron chi connectivity index (χ2n) is 6.36. The zero-order valence-electron chi connectivity index (χ0n) is 12.1. The zero-order valence-corrected chi connectivity index (χ0v) is 12.1. The van der Waals surface area contributed by atoms with Crippen LogP contribution >= 0.6 is 0 Å². The molecule has 1 fully saturated rings. The van der Waals surface area contributed by atoms with Crippen LogP contribution in [0.5, 0.6) is 0 Å². The number of hydrogen-bond donors (Lipinski definition) is 1. The van der Waals surface area contributed by atoms with E-state index in [1.54, 1.807) is 0 Å². The third-order valence-electron chi connectivity index (χ3n) is 3.91. The Bertz CT molecular complexity index is 445. The van der Waals surface area contributed by atoms with Crippen LogP contribution in [0.1, 0.15) is 49.5 Å². The number of likely N-dealkylation sites (tertiary alicyclic amines) is 1. The minimum Gasteiger partial charge on any atom is -0.334 e. The Morgan fingerprint density at radius 1 is 1.32 bits per heavy atom. The highest BCUT2D eigenvalue weighted by Gasteiger charge is 2.28. The minimum atomic E-state index is 0.119. The molecule has 1 unspecified atom stereocenters. The second-order valence-corrected chi connectivity index (χ2v) is 6.36. The van der Waals surface area contributed by atoms with Crippen molar-refractivity contribution in [3.8, 4) is 0 Å². The molecule has 1 amide bonds. The van der Waals surface area contributed by atoms with Crippen LogP contribution in [0.4, 0.5) is 0 Å². The highest BCUT2D eigenvalue weighted by Crippen LogP contribution is 2.24. The first kappa shape index (κ1) is 14.1. The predicted molar refractivity (Wildman–Crippen MR) is 78.3 cm³/mol. The maximum atomic E-state index is 12.4. The first-order valence-corrected chi connectivity index (χ1v) is 7.05. The monoisotopic (exact) mass is 260 g/mol. The van der Waals surface area contributed by atoms with E-state index in [9.17, 15) is 4.79 Å². The van der Waals surface area contributed by atoms with Gasteiger partial charge in [-0.25, -0.2) is 0 Å². The predicted octanol–water partition coefficient (Wildman–Crippen LogP) is 2.55. The lowest BCUT2D eigenvalue weighted by Crippen LogP contribution is -2.39. The molecule has 0 bridgehead atoms. The average molecular weight is 260 g/mol. The van der Waals surface area contributed by atoms with E-state index in [1.165, 1.54) is 5.56 Å². The third-order valence-corrected chi connectivity index (χ3v) is 3.91. The van der Waals surface area contributed by atoms with Crippen LogP contribution in [-0.2, 0) is 5.41 Å². The van der Waals surface area contributed by atoms with E-state index >= 15 is 0 Å². The number of benzene rings is 1. The molecular weight excluding hydrogens is 236 g/mol. The number of nitrogens with two attached hydrogens (primary N) is 1. The molecular formula is C16H24N2O. The van der Waals surface area contributed by atoms with Crippen molar-refractivity contribution in [1.29, 1.82) is 0 Å². The fourth-order valence-corrected chi connectivity index (χ4v) is 2.63. The van der Waals surface area contributed by atoms with E-state index in [1.807, 2.05) is 17.0 Å². The Balaban J connectivity index is 2.16. The SMILES string of the molecule is CC(C)(C)c1ccc(C(=O)N2CCCC2CN)cc1. The van der Waals surface area contributed by atoms with Gasteiger partial charge in [-0.15, -0.1) is 0 Å². The van der Waals surface area contributed by atoms with Gasteiger partial charge in [-0.2, -0.15) is 0 Å². The summed E-state index contributed by atoms with van der Waals surface area (Å²) in [7, 11) is 0. The Hall–Kier alpha value is -1.35. The molecule has 0 saturated carbocycles. The molecule has 1 aliphatic heterocycles. The molecule has 3 nitrogen and oxygen atoms in total. The number of nitrogens with zero attached hydrogens (tertiary/aromatic N) is 1. The van der Waals surface area contributed by atoms with Crippen LogP contribution in [0.2, 0.25) is 0 Å². The van der Waals surface area contributed by atoms with E-state index in [0.29, 0.717) is 6.54 Å². The number of amides is 1. The summed E-state index contributed by atoms with van der Waals surface area (Å²) < 4.78 is 0. The summed E-state index contributed by atoms with van der Waals surface area (Å²) in [5.41, 5.74) is 7.87. The van der Waals surface area contributed by atoms with E-state index in [2.05, 4.69) is 32.9 Å². The molecule has 1 aromatic rings. The molecule has 1 aromatic carbocycles. The van der Waals surface area contributed by atoms with Gasteiger partial charge in [0.2, 0.25) is 0 Å². The summed E-state index contributed by atoms with van der Waals surface area (Å²) in [4.78, 5) is 14.4. The van der Waals surface area contributed by atoms with E-state index in [-0.39, 0.29) is 17.4 Å². The largest absolute Gasteiger partial charge is 0.334 e. The van der Waals surface area contributed by atoms with Crippen molar-refractivity contribution in [2.45, 2.75) is 45.1 Å². The lowest BCUT2D eigenvalue weighted by atomic mass is 9.86. The molecule has 19 heavy (non-hydrogen) atoms. The quantitative estimate of drug-likeness (QED) is 0.888. The Labute approximate surface area is 115 Å². The van der Waals surface area contributed by atoms with Gasteiger partial charge >= 0.3 is 0 Å². The average Bonchev–Trinajstić information content (AvgIpc) is 2.85. The van der Waals surface area contributed by atoms with Gasteiger partial charge in [-0.3, -0.25) is 4.79 Å². The van der Waals surface area contributed by atoms with Gasteiger partial charge in [0.05, 0.1) is 0 Å². The van der Waals surface area contributed by atoms with E-state index in [4.69, 9.17) is 5.73 Å². The van der Waals surface area contributed by atoms with Crippen molar-refractivity contribution in [3.05, 3.63) is 35.4 Å². The van der Waals surface area contributed by atoms with E-state index in [0.717, 1.165) is 24.9 Å². The first-order valence-electron chi connectivity index (χ1n) is 7.05. The molecule has 2 rings (SSSR count). The Morgan fingerprint density at radius 3 is 2.47 bits per heavy atom. The summed E-state index contributed by atoms with van der Waals surface area (Å²) in [6.07, 6.45) is 2.09. The van der Waals surface area contributed by atoms with Crippen LogP contribution < -0.4 is 5.73 Å². The van der Waals surface area contributed by atoms with Gasteiger partial charge < -0.3 is 10.6 Å². The summed E-state index contributed by atoms with van der Waals surface area (Å²) >= 11 is 0. The lowest BCUT2D eigenvalue weighted by Gasteiger charge is -2.24. The topological polar surface area (TPSA) is 46.3 Å². The number of carbonyl (C=O) groups excluding carboxylic acids is 1. The van der Waals surface area contributed by atoms with Crippen molar-refractivity contribution in [2.75, 3.05) is 13.1 Å². The molecule has 0 aromatic heterocycles. The van der Waals surface area contributed by atoms with Crippen LogP contribution in [0.25, 0.3) is 0 Å². The maximum absolute atomic E-state index is 12.4. The highest BCUT2D eigenvalue weighted by molar-refractivity contribution is 5.94. The van der Waals surface area contributed by atoms with Gasteiger partial charge in [-0.05, 0) is 36.0 Å². The number of carbonyl (C=O) groups is 1. The minimum absolute atomic E-state index is 0.119. The standard InChI is InChI=1S/C16H24N2O/c1-16(2,3)13-8-6-12(7-9-13)15(19)18-10-4-5-14(18)11-17/h6-9,14H,4-5,10-11,17H2,1-3H3. The van der Waals surface area contributed by atoms with Crippen LogP contribution in [0.15, 0.2) is 24.3 Å². The Morgan fingerprint density at radius 2 is 1.95 bits per heavy atom. The summed E-state index contributed by atoms with van der Waals surface area (Å²) in [5, 5.41) is 0. The second kappa shape index (κ2) is 5.33. The molecule has 2 N–H and O–H groups in total. The molecule has 0 spiro atoms. The fraction of sp³-hybridized carbons (Fsp3) is 0.562. The molecule has 1 atom stereocenters. The molecule has 0 radical (unpaired) electrons. The normalized spacial score (nSPS) is 19.8. The van der Waals surface area contributed by atoms with E-state index < -0.39 is 0 Å². The first-order chi connectivity index (χ1) is 8.93. The summed E-state index contributed by atoms with van der Waals surface area (Å²) in [6.45, 7) is 7.92. The number of hydrogen-bond acceptors (Lipinski definition) is 2. The van der Waals surface area contributed by atoms with Crippen LogP contribution in [0, 0.1) is 0 Å². The van der Waals surface area contributed by atoms with Crippen molar-refractivity contribution in [1.82, 2.24) is 4.90 Å².